The van der Waals surface area contributed by atoms with Crippen LogP contribution in [0.3, 0.4) is 0 Å². The van der Waals surface area contributed by atoms with Crippen LogP contribution < -0.4 is 10.1 Å². The van der Waals surface area contributed by atoms with Gasteiger partial charge in [0.1, 0.15) is 11.8 Å². The number of hydrogen-bond donors (Lipinski definition) is 1. The van der Waals surface area contributed by atoms with Gasteiger partial charge >= 0.3 is 0 Å². The third kappa shape index (κ3) is 5.33. The molecule has 1 aliphatic carbocycles. The molecule has 8 heteroatoms. The van der Waals surface area contributed by atoms with Crippen molar-refractivity contribution in [2.75, 3.05) is 40.3 Å². The minimum absolute atomic E-state index is 0.0456. The number of carbonyl (C=O) groups is 2. The summed E-state index contributed by atoms with van der Waals surface area (Å²) < 4.78 is 5.45. The summed E-state index contributed by atoms with van der Waals surface area (Å²) in [5, 5.41) is 3.36. The lowest BCUT2D eigenvalue weighted by Crippen LogP contribution is -2.56. The molecule has 8 nitrogen and oxygen atoms in total. The van der Waals surface area contributed by atoms with Gasteiger partial charge in [-0.25, -0.2) is 0 Å². The van der Waals surface area contributed by atoms with E-state index in [-0.39, 0.29) is 23.9 Å². The van der Waals surface area contributed by atoms with Crippen LogP contribution in [0.2, 0.25) is 0 Å². The van der Waals surface area contributed by atoms with Gasteiger partial charge < -0.3 is 19.9 Å². The van der Waals surface area contributed by atoms with Gasteiger partial charge in [-0.2, -0.15) is 0 Å². The van der Waals surface area contributed by atoms with E-state index in [1.54, 1.807) is 13.3 Å². The Kier molecular flexibility index (Phi) is 7.30. The highest BCUT2D eigenvalue weighted by atomic mass is 16.5. The number of piperidine rings is 1. The number of aromatic nitrogens is 1. The van der Waals surface area contributed by atoms with Crippen LogP contribution in [0.1, 0.15) is 63.5 Å². The van der Waals surface area contributed by atoms with E-state index in [1.165, 1.54) is 32.1 Å². The molecule has 0 unspecified atom stereocenters. The molecule has 3 saturated heterocycles. The number of pyridine rings is 1. The zero-order valence-electron chi connectivity index (χ0n) is 21.4. The molecule has 4 aliphatic rings. The number of ether oxygens (including phenoxy) is 1. The predicted octanol–water partition coefficient (Wildman–Crippen LogP) is 2.43. The fraction of sp³-hybridized carbons (Fsp3) is 0.741. The fourth-order valence-corrected chi connectivity index (χ4v) is 6.74. The van der Waals surface area contributed by atoms with E-state index in [0.29, 0.717) is 19.5 Å². The van der Waals surface area contributed by atoms with E-state index in [4.69, 9.17) is 4.74 Å². The maximum atomic E-state index is 13.4. The number of carbonyl (C=O) groups excluding carboxylic acids is 2. The lowest BCUT2D eigenvalue weighted by molar-refractivity contribution is -0.135. The van der Waals surface area contributed by atoms with E-state index in [9.17, 15) is 9.59 Å². The van der Waals surface area contributed by atoms with Crippen molar-refractivity contribution in [2.24, 2.45) is 5.92 Å². The number of nitrogens with zero attached hydrogens (tertiary/aromatic N) is 4. The van der Waals surface area contributed by atoms with Crippen LogP contribution in [-0.2, 0) is 16.1 Å². The molecule has 1 N–H and O–H groups in total. The Bertz CT molecular complexity index is 882. The molecule has 1 aromatic heterocycles. The van der Waals surface area contributed by atoms with Gasteiger partial charge in [-0.1, -0.05) is 19.3 Å². The molecule has 2 atom stereocenters. The molecule has 4 fully saturated rings. The Morgan fingerprint density at radius 3 is 2.71 bits per heavy atom. The smallest absolute Gasteiger partial charge is 0.243 e. The summed E-state index contributed by atoms with van der Waals surface area (Å²) in [5.41, 5.74) is 0.503. The van der Waals surface area contributed by atoms with Crippen molar-refractivity contribution < 1.29 is 14.3 Å². The molecule has 4 heterocycles. The number of hydrogen-bond acceptors (Lipinski definition) is 6. The molecular weight excluding hydrogens is 442 g/mol. The van der Waals surface area contributed by atoms with Gasteiger partial charge in [-0.15, -0.1) is 0 Å². The maximum Gasteiger partial charge on any atom is 0.243 e. The second-order valence-corrected chi connectivity index (χ2v) is 11.3. The molecule has 3 aliphatic heterocycles. The minimum atomic E-state index is -0.424. The van der Waals surface area contributed by atoms with Gasteiger partial charge in [-0.05, 0) is 57.2 Å². The molecule has 5 rings (SSSR count). The van der Waals surface area contributed by atoms with Crippen LogP contribution in [0.25, 0.3) is 0 Å². The SMILES string of the molecule is COc1cccnc1CN1CCC2(CC1)CC(=O)N1C[C@@H](N(C)CC3CCCCC3)C[C@H]1C(=O)N2. The second kappa shape index (κ2) is 10.4. The highest BCUT2D eigenvalue weighted by Gasteiger charge is 2.49. The van der Waals surface area contributed by atoms with Crippen LogP contribution in [0.5, 0.6) is 5.75 Å². The van der Waals surface area contributed by atoms with Crippen LogP contribution >= 0.6 is 0 Å². The summed E-state index contributed by atoms with van der Waals surface area (Å²) in [6.45, 7) is 4.13. The monoisotopic (exact) mass is 483 g/mol. The standard InChI is InChI=1S/C27H41N5O3/c1-30(17-20-7-4-3-5-8-20)21-15-23-26(34)29-27(16-25(33)32(23)18-21)10-13-31(14-11-27)19-22-24(35-2)9-6-12-28-22/h6,9,12,20-21,23H,3-5,7-8,10-11,13-19H2,1-2H3,(H,29,34)/t21-,23-/m0/s1. The van der Waals surface area contributed by atoms with Crippen LogP contribution in [0, 0.1) is 5.92 Å². The first-order chi connectivity index (χ1) is 17.0. The Balaban J connectivity index is 1.18. The predicted molar refractivity (Wildman–Crippen MR) is 134 cm³/mol. The molecule has 0 bridgehead atoms. The first-order valence-electron chi connectivity index (χ1n) is 13.5. The van der Waals surface area contributed by atoms with Crippen molar-refractivity contribution in [2.45, 2.75) is 82.0 Å². The molecule has 2 amide bonds. The van der Waals surface area contributed by atoms with Crippen LogP contribution in [0.15, 0.2) is 18.3 Å². The average Bonchev–Trinajstić information content (AvgIpc) is 3.30. The fourth-order valence-electron chi connectivity index (χ4n) is 6.74. The number of methoxy groups -OCH3 is 1. The molecule has 1 aromatic rings. The van der Waals surface area contributed by atoms with Crippen molar-refractivity contribution in [1.82, 2.24) is 25.0 Å². The lowest BCUT2D eigenvalue weighted by Gasteiger charge is -2.41. The number of likely N-dealkylation sites (tertiary alicyclic amines) is 1. The van der Waals surface area contributed by atoms with E-state index in [0.717, 1.165) is 56.3 Å². The topological polar surface area (TPSA) is 78.0 Å². The summed E-state index contributed by atoms with van der Waals surface area (Å²) >= 11 is 0. The zero-order chi connectivity index (χ0) is 24.4. The van der Waals surface area contributed by atoms with E-state index >= 15 is 0 Å². The third-order valence-corrected chi connectivity index (χ3v) is 8.93. The minimum Gasteiger partial charge on any atom is -0.495 e. The number of rotatable bonds is 6. The van der Waals surface area contributed by atoms with Crippen LogP contribution in [0.4, 0.5) is 0 Å². The Morgan fingerprint density at radius 2 is 1.97 bits per heavy atom. The van der Waals surface area contributed by atoms with Gasteiger partial charge in [0.15, 0.2) is 0 Å². The lowest BCUT2D eigenvalue weighted by atomic mass is 9.84. The van der Waals surface area contributed by atoms with E-state index < -0.39 is 5.54 Å². The normalized spacial score (nSPS) is 27.7. The van der Waals surface area contributed by atoms with Gasteiger partial charge in [0.2, 0.25) is 11.8 Å². The van der Waals surface area contributed by atoms with E-state index in [2.05, 4.69) is 27.1 Å². The van der Waals surface area contributed by atoms with Gasteiger partial charge in [0.25, 0.3) is 0 Å². The van der Waals surface area contributed by atoms with Crippen molar-refractivity contribution in [3.63, 3.8) is 0 Å². The second-order valence-electron chi connectivity index (χ2n) is 11.3. The first kappa shape index (κ1) is 24.5. The van der Waals surface area contributed by atoms with Crippen molar-refractivity contribution in [1.29, 1.82) is 0 Å². The molecule has 1 saturated carbocycles. The maximum absolute atomic E-state index is 13.4. The van der Waals surface area contributed by atoms with Crippen molar-refractivity contribution >= 4 is 11.8 Å². The number of nitrogens with one attached hydrogen (secondary N) is 1. The van der Waals surface area contributed by atoms with Gasteiger partial charge in [0.05, 0.1) is 24.8 Å². The zero-order valence-corrected chi connectivity index (χ0v) is 21.4. The Labute approximate surface area is 209 Å². The highest BCUT2D eigenvalue weighted by molar-refractivity contribution is 5.92. The molecule has 35 heavy (non-hydrogen) atoms. The number of amides is 2. The number of fused-ring (bicyclic) bond motifs is 1. The summed E-state index contributed by atoms with van der Waals surface area (Å²) in [6, 6.07) is 3.77. The van der Waals surface area contributed by atoms with Crippen molar-refractivity contribution in [3.8, 4) is 5.75 Å². The largest absolute Gasteiger partial charge is 0.495 e. The third-order valence-electron chi connectivity index (χ3n) is 8.93. The number of likely N-dealkylation sites (N-methyl/N-ethyl adjacent to an activating group) is 1. The molecule has 192 valence electrons. The summed E-state index contributed by atoms with van der Waals surface area (Å²) in [7, 11) is 3.85. The first-order valence-corrected chi connectivity index (χ1v) is 13.5. The molecule has 1 spiro atoms. The molecular formula is C27H41N5O3. The summed E-state index contributed by atoms with van der Waals surface area (Å²) in [5.74, 6) is 1.75. The van der Waals surface area contributed by atoms with Gasteiger partial charge in [-0.3, -0.25) is 19.5 Å². The van der Waals surface area contributed by atoms with E-state index in [1.807, 2.05) is 17.0 Å². The summed E-state index contributed by atoms with van der Waals surface area (Å²) in [6.07, 6.45) is 11.2. The van der Waals surface area contributed by atoms with Gasteiger partial charge in [0, 0.05) is 45.0 Å². The Morgan fingerprint density at radius 1 is 1.20 bits per heavy atom. The summed E-state index contributed by atoms with van der Waals surface area (Å²) in [4.78, 5) is 37.9. The molecule has 0 radical (unpaired) electrons. The quantitative estimate of drug-likeness (QED) is 0.670. The molecule has 0 aromatic carbocycles. The highest BCUT2D eigenvalue weighted by Crippen LogP contribution is 2.34. The van der Waals surface area contributed by atoms with Crippen molar-refractivity contribution in [3.05, 3.63) is 24.0 Å². The Hall–Kier alpha value is -2.19. The van der Waals surface area contributed by atoms with Crippen LogP contribution in [-0.4, -0.2) is 89.5 Å². The average molecular weight is 484 g/mol.